The lowest BCUT2D eigenvalue weighted by atomic mass is 9.94. The minimum atomic E-state index is -3.57. The van der Waals surface area contributed by atoms with E-state index in [4.69, 9.17) is 0 Å². The van der Waals surface area contributed by atoms with Crippen LogP contribution in [0, 0.1) is 25.7 Å². The van der Waals surface area contributed by atoms with Gasteiger partial charge in [-0.05, 0) is 67.5 Å². The van der Waals surface area contributed by atoms with Gasteiger partial charge in [0, 0.05) is 25.7 Å². The van der Waals surface area contributed by atoms with Gasteiger partial charge in [-0.1, -0.05) is 37.3 Å². The maximum absolute atomic E-state index is 13.1. The summed E-state index contributed by atoms with van der Waals surface area (Å²) in [5.41, 5.74) is 3.73. The Morgan fingerprint density at radius 1 is 1.00 bits per heavy atom. The first-order valence-corrected chi connectivity index (χ1v) is 13.1. The van der Waals surface area contributed by atoms with E-state index < -0.39 is 10.0 Å². The van der Waals surface area contributed by atoms with Gasteiger partial charge < -0.3 is 4.57 Å². The van der Waals surface area contributed by atoms with Crippen LogP contribution >= 0.6 is 11.3 Å². The molecule has 2 heterocycles. The number of fused-ring (bicyclic) bond motifs is 1. The number of nitrogens with zero attached hydrogens (tertiary/aromatic N) is 3. The number of hydrogen-bond acceptors (Lipinski definition) is 4. The fourth-order valence-corrected chi connectivity index (χ4v) is 7.38. The molecule has 0 aliphatic carbocycles. The van der Waals surface area contributed by atoms with Gasteiger partial charge in [-0.2, -0.15) is 9.30 Å². The summed E-state index contributed by atoms with van der Waals surface area (Å²) in [5.74, 6) is 0.289. The summed E-state index contributed by atoms with van der Waals surface area (Å²) in [6, 6.07) is 10.3. The fraction of sp³-hybridized carbons (Fsp3) is 0.417. The number of amides is 1. The normalized spacial score (nSPS) is 20.7. The second-order valence-corrected chi connectivity index (χ2v) is 11.9. The first-order chi connectivity index (χ1) is 15.1. The van der Waals surface area contributed by atoms with Crippen LogP contribution in [0.25, 0.3) is 10.2 Å². The maximum atomic E-state index is 13.1. The molecule has 170 valence electrons. The molecule has 0 bridgehead atoms. The van der Waals surface area contributed by atoms with Crippen molar-refractivity contribution in [3.63, 3.8) is 0 Å². The van der Waals surface area contributed by atoms with E-state index in [9.17, 15) is 13.2 Å². The molecule has 1 aromatic heterocycles. The van der Waals surface area contributed by atoms with E-state index >= 15 is 0 Å². The SMILES string of the molecule is Cc1ccc(C)c2c1sc(=NC(=O)c1ccc(S(=O)(=O)N3CC(C)CC(C)C3)cc1)n2C. The predicted octanol–water partition coefficient (Wildman–Crippen LogP) is 4.26. The van der Waals surface area contributed by atoms with E-state index in [1.165, 1.54) is 23.5 Å². The van der Waals surface area contributed by atoms with Crippen LogP contribution in [0.4, 0.5) is 0 Å². The van der Waals surface area contributed by atoms with E-state index in [1.54, 1.807) is 16.4 Å². The largest absolute Gasteiger partial charge is 0.319 e. The minimum Gasteiger partial charge on any atom is -0.319 e. The van der Waals surface area contributed by atoms with Crippen LogP contribution in [-0.2, 0) is 17.1 Å². The van der Waals surface area contributed by atoms with Crippen LogP contribution in [0.1, 0.15) is 41.8 Å². The zero-order valence-electron chi connectivity index (χ0n) is 19.1. The van der Waals surface area contributed by atoms with Crippen molar-refractivity contribution in [1.82, 2.24) is 8.87 Å². The third kappa shape index (κ3) is 4.19. The predicted molar refractivity (Wildman–Crippen MR) is 128 cm³/mol. The summed E-state index contributed by atoms with van der Waals surface area (Å²) in [7, 11) is -1.66. The van der Waals surface area contributed by atoms with Gasteiger partial charge in [0.05, 0.1) is 15.1 Å². The highest BCUT2D eigenvalue weighted by molar-refractivity contribution is 7.89. The van der Waals surface area contributed by atoms with Gasteiger partial charge in [0.25, 0.3) is 5.91 Å². The first kappa shape index (κ1) is 22.9. The monoisotopic (exact) mass is 471 g/mol. The van der Waals surface area contributed by atoms with Gasteiger partial charge in [-0.3, -0.25) is 4.79 Å². The molecule has 2 atom stereocenters. The molecule has 1 fully saturated rings. The Labute approximate surface area is 193 Å². The van der Waals surface area contributed by atoms with E-state index in [0.717, 1.165) is 27.8 Å². The second kappa shape index (κ2) is 8.57. The number of benzene rings is 2. The van der Waals surface area contributed by atoms with Gasteiger partial charge in [-0.25, -0.2) is 8.42 Å². The van der Waals surface area contributed by atoms with Gasteiger partial charge in [0.2, 0.25) is 10.0 Å². The van der Waals surface area contributed by atoms with Crippen molar-refractivity contribution in [3.05, 3.63) is 57.9 Å². The molecule has 8 heteroatoms. The number of rotatable bonds is 3. The minimum absolute atomic E-state index is 0.217. The summed E-state index contributed by atoms with van der Waals surface area (Å²) in [6.07, 6.45) is 1.04. The highest BCUT2D eigenvalue weighted by Gasteiger charge is 2.31. The molecule has 1 saturated heterocycles. The van der Waals surface area contributed by atoms with Crippen molar-refractivity contribution in [2.24, 2.45) is 23.9 Å². The van der Waals surface area contributed by atoms with Crippen LogP contribution in [0.15, 0.2) is 46.3 Å². The average Bonchev–Trinajstić information content (AvgIpc) is 3.07. The van der Waals surface area contributed by atoms with Crippen molar-refractivity contribution < 1.29 is 13.2 Å². The van der Waals surface area contributed by atoms with Crippen LogP contribution in [0.5, 0.6) is 0 Å². The fourth-order valence-electron chi connectivity index (χ4n) is 4.54. The number of carbonyl (C=O) groups excluding carboxylic acids is 1. The van der Waals surface area contributed by atoms with Crippen molar-refractivity contribution in [1.29, 1.82) is 0 Å². The molecule has 3 aromatic rings. The third-order valence-electron chi connectivity index (χ3n) is 6.12. The first-order valence-electron chi connectivity index (χ1n) is 10.8. The Morgan fingerprint density at radius 2 is 1.59 bits per heavy atom. The molecule has 2 aromatic carbocycles. The molecule has 32 heavy (non-hydrogen) atoms. The number of sulfonamides is 1. The zero-order valence-corrected chi connectivity index (χ0v) is 20.8. The molecule has 1 amide bonds. The van der Waals surface area contributed by atoms with E-state index in [0.29, 0.717) is 35.3 Å². The summed E-state index contributed by atoms with van der Waals surface area (Å²) < 4.78 is 30.8. The quantitative estimate of drug-likeness (QED) is 0.573. The van der Waals surface area contributed by atoms with Crippen molar-refractivity contribution in [2.45, 2.75) is 39.0 Å². The van der Waals surface area contributed by atoms with Gasteiger partial charge in [-0.15, -0.1) is 0 Å². The molecule has 1 aliphatic rings. The second-order valence-electron chi connectivity index (χ2n) is 9.03. The highest BCUT2D eigenvalue weighted by atomic mass is 32.2. The summed E-state index contributed by atoms with van der Waals surface area (Å²) >= 11 is 1.49. The number of piperidine rings is 1. The molecule has 0 radical (unpaired) electrons. The number of thiazole rings is 1. The molecule has 6 nitrogen and oxygen atoms in total. The molecule has 2 unspecified atom stereocenters. The Balaban J connectivity index is 1.63. The summed E-state index contributed by atoms with van der Waals surface area (Å²) in [4.78, 5) is 18.0. The van der Waals surface area contributed by atoms with Crippen molar-refractivity contribution >= 4 is 37.5 Å². The lowest BCUT2D eigenvalue weighted by molar-refractivity contribution is 0.0998. The number of carbonyl (C=O) groups is 1. The molecule has 1 aliphatic heterocycles. The van der Waals surface area contributed by atoms with Crippen LogP contribution in [0.2, 0.25) is 0 Å². The molecular formula is C24H29N3O3S2. The smallest absolute Gasteiger partial charge is 0.279 e. The van der Waals surface area contributed by atoms with Crippen LogP contribution in [-0.4, -0.2) is 36.3 Å². The Morgan fingerprint density at radius 3 is 2.19 bits per heavy atom. The number of hydrogen-bond donors (Lipinski definition) is 0. The summed E-state index contributed by atoms with van der Waals surface area (Å²) in [6.45, 7) is 9.32. The Kier molecular flexibility index (Phi) is 6.13. The van der Waals surface area contributed by atoms with Gasteiger partial charge >= 0.3 is 0 Å². The van der Waals surface area contributed by atoms with E-state index in [-0.39, 0.29) is 10.8 Å². The molecule has 0 saturated carbocycles. The number of aryl methyl sites for hydroxylation is 3. The highest BCUT2D eigenvalue weighted by Crippen LogP contribution is 2.27. The average molecular weight is 472 g/mol. The lowest BCUT2D eigenvalue weighted by Gasteiger charge is -2.34. The Bertz CT molecular complexity index is 1340. The standard InChI is InChI=1S/C24H29N3O3S2/c1-15-12-16(2)14-27(13-15)32(29,30)20-10-8-19(9-11-20)23(28)25-24-26(5)21-17(3)6-7-18(4)22(21)31-24/h6-11,15-16H,12-14H2,1-5H3. The lowest BCUT2D eigenvalue weighted by Crippen LogP contribution is -2.42. The summed E-state index contributed by atoms with van der Waals surface area (Å²) in [5, 5.41) is 0. The zero-order chi connectivity index (χ0) is 23.2. The molecule has 0 N–H and O–H groups in total. The van der Waals surface area contributed by atoms with Gasteiger partial charge in [0.15, 0.2) is 4.80 Å². The topological polar surface area (TPSA) is 71.7 Å². The Hall–Kier alpha value is -2.29. The third-order valence-corrected chi connectivity index (χ3v) is 9.23. The van der Waals surface area contributed by atoms with Crippen LogP contribution < -0.4 is 4.80 Å². The molecule has 0 spiro atoms. The number of aromatic nitrogens is 1. The van der Waals surface area contributed by atoms with Gasteiger partial charge in [0.1, 0.15) is 0 Å². The van der Waals surface area contributed by atoms with E-state index in [2.05, 4.69) is 31.0 Å². The van der Waals surface area contributed by atoms with Crippen molar-refractivity contribution in [3.8, 4) is 0 Å². The molecule has 4 rings (SSSR count). The van der Waals surface area contributed by atoms with Crippen molar-refractivity contribution in [2.75, 3.05) is 13.1 Å². The molecular weight excluding hydrogens is 442 g/mol. The maximum Gasteiger partial charge on any atom is 0.279 e. The van der Waals surface area contributed by atoms with E-state index in [1.807, 2.05) is 25.5 Å². The van der Waals surface area contributed by atoms with Crippen LogP contribution in [0.3, 0.4) is 0 Å².